The van der Waals surface area contributed by atoms with Crippen molar-refractivity contribution in [1.29, 1.82) is 5.26 Å². The predicted molar refractivity (Wildman–Crippen MR) is 118 cm³/mol. The zero-order valence-corrected chi connectivity index (χ0v) is 18.3. The van der Waals surface area contributed by atoms with Gasteiger partial charge in [0.25, 0.3) is 5.91 Å². The summed E-state index contributed by atoms with van der Waals surface area (Å²) in [6.07, 6.45) is 4.03. The van der Waals surface area contributed by atoms with E-state index in [-0.39, 0.29) is 16.2 Å². The SMILES string of the molecule is N#CC(=Cc1ccc(Cl)cc1Cl)C(=O)Nc1cccc(S(=O)(=O)N2CCCCC2)c1. The van der Waals surface area contributed by atoms with Crippen LogP contribution in [-0.2, 0) is 14.8 Å². The number of piperidine rings is 1. The van der Waals surface area contributed by atoms with Crippen molar-refractivity contribution in [3.8, 4) is 6.07 Å². The number of carbonyl (C=O) groups excluding carboxylic acids is 1. The van der Waals surface area contributed by atoms with Crippen molar-refractivity contribution in [2.75, 3.05) is 18.4 Å². The number of benzene rings is 2. The number of halogens is 2. The molecule has 1 aliphatic heterocycles. The lowest BCUT2D eigenvalue weighted by atomic mass is 10.1. The van der Waals surface area contributed by atoms with E-state index in [9.17, 15) is 18.5 Å². The van der Waals surface area contributed by atoms with Crippen LogP contribution in [0, 0.1) is 11.3 Å². The van der Waals surface area contributed by atoms with E-state index in [1.807, 2.05) is 6.07 Å². The number of nitrogens with zero attached hydrogens (tertiary/aromatic N) is 2. The Morgan fingerprint density at radius 1 is 1.10 bits per heavy atom. The van der Waals surface area contributed by atoms with Crippen LogP contribution >= 0.6 is 23.2 Å². The highest BCUT2D eigenvalue weighted by molar-refractivity contribution is 7.89. The third-order valence-corrected chi connectivity index (χ3v) is 7.13. The number of nitrogens with one attached hydrogen (secondary N) is 1. The summed E-state index contributed by atoms with van der Waals surface area (Å²) >= 11 is 12.0. The molecule has 156 valence electrons. The Morgan fingerprint density at radius 2 is 1.83 bits per heavy atom. The molecule has 1 heterocycles. The molecule has 0 aliphatic carbocycles. The number of sulfonamides is 1. The third kappa shape index (κ3) is 5.21. The minimum absolute atomic E-state index is 0.102. The zero-order chi connectivity index (χ0) is 21.7. The molecule has 0 aromatic heterocycles. The number of carbonyl (C=O) groups is 1. The van der Waals surface area contributed by atoms with Gasteiger partial charge in [0.2, 0.25) is 10.0 Å². The van der Waals surface area contributed by atoms with Crippen molar-refractivity contribution >= 4 is 50.9 Å². The Bertz CT molecular complexity index is 1130. The molecule has 3 rings (SSSR count). The first kappa shape index (κ1) is 22.3. The number of amides is 1. The van der Waals surface area contributed by atoms with Crippen LogP contribution < -0.4 is 5.32 Å². The number of rotatable bonds is 5. The second kappa shape index (κ2) is 9.63. The number of anilines is 1. The van der Waals surface area contributed by atoms with E-state index in [4.69, 9.17) is 23.2 Å². The Morgan fingerprint density at radius 3 is 2.50 bits per heavy atom. The van der Waals surface area contributed by atoms with Gasteiger partial charge in [-0.3, -0.25) is 4.79 Å². The van der Waals surface area contributed by atoms with Crippen LogP contribution in [0.15, 0.2) is 52.9 Å². The first-order valence-electron chi connectivity index (χ1n) is 9.29. The molecule has 6 nitrogen and oxygen atoms in total. The molecular formula is C21H19Cl2N3O3S. The van der Waals surface area contributed by atoms with Crippen molar-refractivity contribution in [3.63, 3.8) is 0 Å². The van der Waals surface area contributed by atoms with E-state index in [1.54, 1.807) is 24.3 Å². The molecule has 1 fully saturated rings. The molecule has 1 amide bonds. The first-order valence-corrected chi connectivity index (χ1v) is 11.5. The molecule has 0 unspecified atom stereocenters. The maximum Gasteiger partial charge on any atom is 0.266 e. The number of hydrogen-bond donors (Lipinski definition) is 1. The lowest BCUT2D eigenvalue weighted by molar-refractivity contribution is -0.112. The van der Waals surface area contributed by atoms with E-state index in [0.717, 1.165) is 19.3 Å². The van der Waals surface area contributed by atoms with Gasteiger partial charge in [-0.25, -0.2) is 8.42 Å². The molecule has 0 bridgehead atoms. The van der Waals surface area contributed by atoms with E-state index in [2.05, 4.69) is 5.32 Å². The minimum Gasteiger partial charge on any atom is -0.321 e. The topological polar surface area (TPSA) is 90.3 Å². The minimum atomic E-state index is -3.63. The summed E-state index contributed by atoms with van der Waals surface area (Å²) in [6, 6.07) is 12.6. The summed E-state index contributed by atoms with van der Waals surface area (Å²) in [5.74, 6) is -0.670. The van der Waals surface area contributed by atoms with Gasteiger partial charge < -0.3 is 5.32 Å². The number of nitriles is 1. The highest BCUT2D eigenvalue weighted by Crippen LogP contribution is 2.25. The van der Waals surface area contributed by atoms with Crippen molar-refractivity contribution in [1.82, 2.24) is 4.31 Å². The van der Waals surface area contributed by atoms with Gasteiger partial charge in [0.15, 0.2) is 0 Å². The third-order valence-electron chi connectivity index (χ3n) is 4.67. The van der Waals surface area contributed by atoms with Crippen LogP contribution in [0.25, 0.3) is 6.08 Å². The Hall–Kier alpha value is -2.37. The molecule has 30 heavy (non-hydrogen) atoms. The molecule has 0 spiro atoms. The average molecular weight is 464 g/mol. The lowest BCUT2D eigenvalue weighted by Crippen LogP contribution is -2.35. The standard InChI is InChI=1S/C21H19Cl2N3O3S/c22-17-8-7-15(20(23)12-17)11-16(14-24)21(27)25-18-5-4-6-19(13-18)30(28,29)26-9-2-1-3-10-26/h4-8,11-13H,1-3,9-10H2,(H,25,27). The van der Waals surface area contributed by atoms with Gasteiger partial charge in [-0.1, -0.05) is 41.8 Å². The summed E-state index contributed by atoms with van der Waals surface area (Å²) in [4.78, 5) is 12.7. The molecule has 0 atom stereocenters. The monoisotopic (exact) mass is 463 g/mol. The maximum absolute atomic E-state index is 12.8. The van der Waals surface area contributed by atoms with Gasteiger partial charge >= 0.3 is 0 Å². The summed E-state index contributed by atoms with van der Waals surface area (Å²) in [6.45, 7) is 0.976. The molecule has 2 aromatic carbocycles. The molecule has 0 saturated carbocycles. The largest absolute Gasteiger partial charge is 0.321 e. The van der Waals surface area contributed by atoms with Gasteiger partial charge in [-0.2, -0.15) is 9.57 Å². The molecule has 2 aromatic rings. The summed E-state index contributed by atoms with van der Waals surface area (Å²) < 4.78 is 27.1. The van der Waals surface area contributed by atoms with Crippen LogP contribution in [-0.4, -0.2) is 31.7 Å². The second-order valence-electron chi connectivity index (χ2n) is 6.78. The summed E-state index contributed by atoms with van der Waals surface area (Å²) in [5, 5.41) is 12.7. The Labute approximate surface area is 185 Å². The van der Waals surface area contributed by atoms with Crippen LogP contribution in [0.3, 0.4) is 0 Å². The Kier molecular flexibility index (Phi) is 7.16. The number of hydrogen-bond acceptors (Lipinski definition) is 4. The van der Waals surface area contributed by atoms with Crippen molar-refractivity contribution in [2.24, 2.45) is 0 Å². The molecule has 1 aliphatic rings. The summed E-state index contributed by atoms with van der Waals surface area (Å²) in [5.41, 5.74) is 0.569. The second-order valence-corrected chi connectivity index (χ2v) is 9.56. The van der Waals surface area contributed by atoms with Crippen LogP contribution in [0.4, 0.5) is 5.69 Å². The fraction of sp³-hybridized carbons (Fsp3) is 0.238. The van der Waals surface area contributed by atoms with E-state index < -0.39 is 15.9 Å². The van der Waals surface area contributed by atoms with Crippen LogP contribution in [0.2, 0.25) is 10.0 Å². The van der Waals surface area contributed by atoms with Crippen molar-refractivity contribution in [3.05, 3.63) is 63.6 Å². The summed E-state index contributed by atoms with van der Waals surface area (Å²) in [7, 11) is -3.63. The maximum atomic E-state index is 12.8. The highest BCUT2D eigenvalue weighted by Gasteiger charge is 2.26. The molecular weight excluding hydrogens is 445 g/mol. The van der Waals surface area contributed by atoms with E-state index >= 15 is 0 Å². The van der Waals surface area contributed by atoms with Gasteiger partial charge in [-0.15, -0.1) is 0 Å². The average Bonchev–Trinajstić information content (AvgIpc) is 2.74. The van der Waals surface area contributed by atoms with Gasteiger partial charge in [0.1, 0.15) is 11.6 Å². The van der Waals surface area contributed by atoms with Crippen molar-refractivity contribution < 1.29 is 13.2 Å². The lowest BCUT2D eigenvalue weighted by Gasteiger charge is -2.26. The van der Waals surface area contributed by atoms with Crippen LogP contribution in [0.5, 0.6) is 0 Å². The molecule has 0 radical (unpaired) electrons. The fourth-order valence-electron chi connectivity index (χ4n) is 3.11. The molecule has 1 N–H and O–H groups in total. The quantitative estimate of drug-likeness (QED) is 0.513. The van der Waals surface area contributed by atoms with Crippen molar-refractivity contribution in [2.45, 2.75) is 24.2 Å². The van der Waals surface area contributed by atoms with Gasteiger partial charge in [0, 0.05) is 28.8 Å². The Balaban J connectivity index is 1.82. The van der Waals surface area contributed by atoms with Gasteiger partial charge in [-0.05, 0) is 54.8 Å². The highest BCUT2D eigenvalue weighted by atomic mass is 35.5. The molecule has 9 heteroatoms. The fourth-order valence-corrected chi connectivity index (χ4v) is 5.14. The predicted octanol–water partition coefficient (Wildman–Crippen LogP) is 4.71. The van der Waals surface area contributed by atoms with Gasteiger partial charge in [0.05, 0.1) is 4.90 Å². The van der Waals surface area contributed by atoms with Crippen LogP contribution in [0.1, 0.15) is 24.8 Å². The smallest absolute Gasteiger partial charge is 0.266 e. The van der Waals surface area contributed by atoms with E-state index in [1.165, 1.54) is 28.6 Å². The molecule has 1 saturated heterocycles. The normalized spacial score (nSPS) is 15.4. The van der Waals surface area contributed by atoms with E-state index in [0.29, 0.717) is 28.7 Å². The zero-order valence-electron chi connectivity index (χ0n) is 15.9. The first-order chi connectivity index (χ1) is 14.3.